The van der Waals surface area contributed by atoms with Crippen molar-refractivity contribution in [3.63, 3.8) is 0 Å². The van der Waals surface area contributed by atoms with Crippen LogP contribution >= 0.6 is 0 Å². The third-order valence-corrected chi connectivity index (χ3v) is 4.99. The molecule has 0 saturated heterocycles. The van der Waals surface area contributed by atoms with Gasteiger partial charge in [0.1, 0.15) is 0 Å². The molecule has 29 heavy (non-hydrogen) atoms. The number of aromatic nitrogens is 1. The van der Waals surface area contributed by atoms with Crippen molar-refractivity contribution < 1.29 is 14.3 Å². The first-order valence-electron chi connectivity index (χ1n) is 9.61. The summed E-state index contributed by atoms with van der Waals surface area (Å²) in [7, 11) is 0. The molecule has 1 N–H and O–H groups in total. The van der Waals surface area contributed by atoms with Gasteiger partial charge in [0.25, 0.3) is 5.91 Å². The predicted octanol–water partition coefficient (Wildman–Crippen LogP) is 4.92. The molecule has 1 amide bonds. The van der Waals surface area contributed by atoms with Gasteiger partial charge in [-0.25, -0.2) is 4.79 Å². The van der Waals surface area contributed by atoms with Crippen LogP contribution in [0, 0.1) is 6.92 Å². The fourth-order valence-corrected chi connectivity index (χ4v) is 3.57. The van der Waals surface area contributed by atoms with Crippen LogP contribution in [0.25, 0.3) is 21.8 Å². The average Bonchev–Trinajstić information content (AvgIpc) is 3.05. The van der Waals surface area contributed by atoms with Crippen LogP contribution in [0.15, 0.2) is 66.7 Å². The monoisotopic (exact) mass is 386 g/mol. The molecule has 1 aromatic heterocycles. The first-order valence-corrected chi connectivity index (χ1v) is 9.61. The summed E-state index contributed by atoms with van der Waals surface area (Å²) in [5.41, 5.74) is 4.45. The van der Waals surface area contributed by atoms with Crippen molar-refractivity contribution in [2.75, 3.05) is 11.9 Å². The van der Waals surface area contributed by atoms with Gasteiger partial charge in [0.15, 0.2) is 6.61 Å². The summed E-state index contributed by atoms with van der Waals surface area (Å²) in [6, 6.07) is 21.1. The van der Waals surface area contributed by atoms with Crippen molar-refractivity contribution in [1.29, 1.82) is 0 Å². The number of nitrogens with zero attached hydrogens (tertiary/aromatic N) is 1. The third-order valence-electron chi connectivity index (χ3n) is 4.99. The highest BCUT2D eigenvalue weighted by atomic mass is 16.5. The maximum absolute atomic E-state index is 12.3. The summed E-state index contributed by atoms with van der Waals surface area (Å²) in [6.45, 7) is 4.59. The van der Waals surface area contributed by atoms with E-state index in [1.807, 2.05) is 49.4 Å². The lowest BCUT2D eigenvalue weighted by atomic mass is 10.1. The fourth-order valence-electron chi connectivity index (χ4n) is 3.57. The van der Waals surface area contributed by atoms with Crippen LogP contribution in [-0.4, -0.2) is 23.1 Å². The second kappa shape index (κ2) is 7.80. The molecule has 0 aliphatic rings. The summed E-state index contributed by atoms with van der Waals surface area (Å²) in [5.74, 6) is -0.884. The van der Waals surface area contributed by atoms with Crippen LogP contribution in [-0.2, 0) is 16.1 Å². The van der Waals surface area contributed by atoms with E-state index in [0.717, 1.165) is 28.4 Å². The number of rotatable bonds is 5. The van der Waals surface area contributed by atoms with Crippen LogP contribution in [0.5, 0.6) is 0 Å². The Morgan fingerprint density at radius 3 is 2.41 bits per heavy atom. The molecule has 0 aliphatic heterocycles. The standard InChI is InChI=1S/C24H22N2O3/c1-3-26-21-7-5-4-6-19(21)20-14-18(12-13-22(20)26)25-23(27)15-29-24(28)17-10-8-16(2)9-11-17/h4-14H,3,15H2,1-2H3,(H,25,27). The van der Waals surface area contributed by atoms with E-state index in [-0.39, 0.29) is 12.5 Å². The molecule has 0 radical (unpaired) electrons. The molecular formula is C24H22N2O3. The summed E-state index contributed by atoms with van der Waals surface area (Å²) in [6.07, 6.45) is 0. The third kappa shape index (κ3) is 3.72. The van der Waals surface area contributed by atoms with Gasteiger partial charge >= 0.3 is 5.97 Å². The number of hydrogen-bond donors (Lipinski definition) is 1. The lowest BCUT2D eigenvalue weighted by molar-refractivity contribution is -0.119. The van der Waals surface area contributed by atoms with E-state index in [2.05, 4.69) is 28.9 Å². The molecule has 0 fully saturated rings. The molecule has 5 heteroatoms. The van der Waals surface area contributed by atoms with Gasteiger partial charge in [-0.05, 0) is 50.2 Å². The van der Waals surface area contributed by atoms with Crippen molar-refractivity contribution in [2.45, 2.75) is 20.4 Å². The molecule has 0 unspecified atom stereocenters. The minimum atomic E-state index is -0.512. The maximum atomic E-state index is 12.3. The van der Waals surface area contributed by atoms with Crippen LogP contribution in [0.1, 0.15) is 22.8 Å². The minimum Gasteiger partial charge on any atom is -0.452 e. The molecule has 0 saturated carbocycles. The quantitative estimate of drug-likeness (QED) is 0.495. The Labute approximate surface area is 168 Å². The van der Waals surface area contributed by atoms with E-state index in [1.54, 1.807) is 12.1 Å². The second-order valence-electron chi connectivity index (χ2n) is 6.98. The molecule has 3 aromatic carbocycles. The number of ether oxygens (including phenoxy) is 1. The number of fused-ring (bicyclic) bond motifs is 3. The van der Waals surface area contributed by atoms with Gasteiger partial charge < -0.3 is 14.6 Å². The highest BCUT2D eigenvalue weighted by molar-refractivity contribution is 6.10. The predicted molar refractivity (Wildman–Crippen MR) is 115 cm³/mol. The van der Waals surface area contributed by atoms with Gasteiger partial charge in [0.2, 0.25) is 0 Å². The Morgan fingerprint density at radius 1 is 0.931 bits per heavy atom. The van der Waals surface area contributed by atoms with E-state index in [4.69, 9.17) is 4.74 Å². The Kier molecular flexibility index (Phi) is 5.04. The molecule has 4 rings (SSSR count). The van der Waals surface area contributed by atoms with Gasteiger partial charge in [-0.3, -0.25) is 4.79 Å². The lowest BCUT2D eigenvalue weighted by Gasteiger charge is -2.08. The number of carbonyl (C=O) groups excluding carboxylic acids is 2. The maximum Gasteiger partial charge on any atom is 0.338 e. The number of nitrogens with one attached hydrogen (secondary N) is 1. The first-order chi connectivity index (χ1) is 14.1. The number of esters is 1. The number of benzene rings is 3. The second-order valence-corrected chi connectivity index (χ2v) is 6.98. The van der Waals surface area contributed by atoms with Gasteiger partial charge in [-0.1, -0.05) is 35.9 Å². The number of para-hydroxylation sites is 1. The Morgan fingerprint density at radius 2 is 1.66 bits per heavy atom. The van der Waals surface area contributed by atoms with Gasteiger partial charge in [-0.2, -0.15) is 0 Å². The molecule has 0 aliphatic carbocycles. The highest BCUT2D eigenvalue weighted by Crippen LogP contribution is 2.30. The van der Waals surface area contributed by atoms with Crippen molar-refractivity contribution in [3.05, 3.63) is 77.9 Å². The lowest BCUT2D eigenvalue weighted by Crippen LogP contribution is -2.20. The smallest absolute Gasteiger partial charge is 0.338 e. The molecule has 0 bridgehead atoms. The largest absolute Gasteiger partial charge is 0.452 e. The number of anilines is 1. The molecule has 146 valence electrons. The molecule has 4 aromatic rings. The van der Waals surface area contributed by atoms with E-state index >= 15 is 0 Å². The Bertz CT molecular complexity index is 1210. The SMILES string of the molecule is CCn1c2ccccc2c2cc(NC(=O)COC(=O)c3ccc(C)cc3)ccc21. The van der Waals surface area contributed by atoms with E-state index in [0.29, 0.717) is 11.3 Å². The Hall–Kier alpha value is -3.60. The van der Waals surface area contributed by atoms with Gasteiger partial charge in [-0.15, -0.1) is 0 Å². The van der Waals surface area contributed by atoms with E-state index in [1.165, 1.54) is 5.52 Å². The zero-order valence-electron chi connectivity index (χ0n) is 16.4. The van der Waals surface area contributed by atoms with Crippen molar-refractivity contribution >= 4 is 39.4 Å². The van der Waals surface area contributed by atoms with Crippen LogP contribution in [0.4, 0.5) is 5.69 Å². The van der Waals surface area contributed by atoms with Crippen LogP contribution in [0.3, 0.4) is 0 Å². The van der Waals surface area contributed by atoms with Crippen LogP contribution < -0.4 is 5.32 Å². The van der Waals surface area contributed by atoms with Gasteiger partial charge in [0, 0.05) is 34.0 Å². The molecule has 5 nitrogen and oxygen atoms in total. The minimum absolute atomic E-state index is 0.332. The first kappa shape index (κ1) is 18.7. The zero-order chi connectivity index (χ0) is 20.4. The number of hydrogen-bond acceptors (Lipinski definition) is 3. The fraction of sp³-hybridized carbons (Fsp3) is 0.167. The topological polar surface area (TPSA) is 60.3 Å². The van der Waals surface area contributed by atoms with E-state index < -0.39 is 5.97 Å². The Balaban J connectivity index is 1.49. The summed E-state index contributed by atoms with van der Waals surface area (Å²) in [4.78, 5) is 24.3. The summed E-state index contributed by atoms with van der Waals surface area (Å²) >= 11 is 0. The number of amides is 1. The summed E-state index contributed by atoms with van der Waals surface area (Å²) in [5, 5.41) is 5.04. The van der Waals surface area contributed by atoms with Crippen molar-refractivity contribution in [3.8, 4) is 0 Å². The van der Waals surface area contributed by atoms with Crippen molar-refractivity contribution in [2.24, 2.45) is 0 Å². The normalized spacial score (nSPS) is 11.0. The average molecular weight is 386 g/mol. The molecule has 1 heterocycles. The molecular weight excluding hydrogens is 364 g/mol. The zero-order valence-corrected chi connectivity index (χ0v) is 16.4. The molecule has 0 atom stereocenters. The summed E-state index contributed by atoms with van der Waals surface area (Å²) < 4.78 is 7.38. The number of carbonyl (C=O) groups is 2. The number of aryl methyl sites for hydroxylation is 2. The van der Waals surface area contributed by atoms with Crippen molar-refractivity contribution in [1.82, 2.24) is 4.57 Å². The molecule has 0 spiro atoms. The van der Waals surface area contributed by atoms with E-state index in [9.17, 15) is 9.59 Å². The highest BCUT2D eigenvalue weighted by Gasteiger charge is 2.13. The van der Waals surface area contributed by atoms with Crippen LogP contribution in [0.2, 0.25) is 0 Å². The van der Waals surface area contributed by atoms with Gasteiger partial charge in [0.05, 0.1) is 5.56 Å².